The van der Waals surface area contributed by atoms with Gasteiger partial charge in [0.2, 0.25) is 17.7 Å². The van der Waals surface area contributed by atoms with E-state index in [-0.39, 0.29) is 49.0 Å². The van der Waals surface area contributed by atoms with Gasteiger partial charge in [-0.2, -0.15) is 18.4 Å². The fraction of sp³-hybridized carbons (Fsp3) is 0.800. The van der Waals surface area contributed by atoms with E-state index in [9.17, 15) is 37.6 Å². The molecule has 10 nitrogen and oxygen atoms in total. The van der Waals surface area contributed by atoms with Gasteiger partial charge >= 0.3 is 12.1 Å². The number of hydrogen-bond acceptors (Lipinski definition) is 6. The van der Waals surface area contributed by atoms with Crippen LogP contribution in [0.3, 0.4) is 0 Å². The van der Waals surface area contributed by atoms with Crippen LogP contribution in [-0.2, 0) is 23.9 Å². The van der Waals surface area contributed by atoms with Crippen LogP contribution < -0.4 is 16.0 Å². The van der Waals surface area contributed by atoms with Crippen LogP contribution in [0.15, 0.2) is 0 Å². The van der Waals surface area contributed by atoms with Gasteiger partial charge in [0.25, 0.3) is 0 Å². The fourth-order valence-corrected chi connectivity index (χ4v) is 6.49. The van der Waals surface area contributed by atoms with Crippen molar-refractivity contribution in [3.05, 3.63) is 0 Å². The highest BCUT2D eigenvalue weighted by molar-refractivity contribution is 5.95. The SMILES string of the molecule is COC1(C(NC(=O)C(F)(F)F)C(=O)N2CC3C(C2C(=O)NC(C#N)CC2CCCNC2=O)C3(C)C)CCC1. The van der Waals surface area contributed by atoms with Gasteiger partial charge in [-0.15, -0.1) is 0 Å². The van der Waals surface area contributed by atoms with E-state index >= 15 is 0 Å². The number of methoxy groups -OCH3 is 1. The molecule has 6 atom stereocenters. The first-order valence-electron chi connectivity index (χ1n) is 13.0. The molecule has 6 unspecified atom stereocenters. The van der Waals surface area contributed by atoms with E-state index in [1.165, 1.54) is 12.0 Å². The lowest BCUT2D eigenvalue weighted by Crippen LogP contribution is -2.67. The Bertz CT molecular complexity index is 1030. The third-order valence-corrected chi connectivity index (χ3v) is 9.06. The largest absolute Gasteiger partial charge is 0.471 e. The molecule has 4 amide bonds. The van der Waals surface area contributed by atoms with Gasteiger partial charge in [0.05, 0.1) is 11.7 Å². The zero-order valence-corrected chi connectivity index (χ0v) is 21.7. The number of halogens is 3. The van der Waals surface area contributed by atoms with Crippen molar-refractivity contribution in [3.63, 3.8) is 0 Å². The Morgan fingerprint density at radius 3 is 2.45 bits per heavy atom. The Kier molecular flexibility index (Phi) is 7.42. The number of nitriles is 1. The van der Waals surface area contributed by atoms with E-state index < -0.39 is 53.5 Å². The number of rotatable bonds is 8. The summed E-state index contributed by atoms with van der Waals surface area (Å²) in [5.74, 6) is -4.59. The highest BCUT2D eigenvalue weighted by atomic mass is 19.4. The number of piperidine rings is 2. The molecule has 2 heterocycles. The van der Waals surface area contributed by atoms with Gasteiger partial charge in [-0.05, 0) is 55.8 Å². The van der Waals surface area contributed by atoms with Crippen LogP contribution in [0.5, 0.6) is 0 Å². The lowest BCUT2D eigenvalue weighted by molar-refractivity contribution is -0.181. The topological polar surface area (TPSA) is 141 Å². The van der Waals surface area contributed by atoms with Crippen LogP contribution in [0, 0.1) is 34.5 Å². The van der Waals surface area contributed by atoms with E-state index in [1.807, 2.05) is 25.2 Å². The van der Waals surface area contributed by atoms with Crippen molar-refractivity contribution < 1.29 is 37.1 Å². The Hall–Kier alpha value is -2.88. The Morgan fingerprint density at radius 2 is 1.92 bits per heavy atom. The number of fused-ring (bicyclic) bond motifs is 1. The molecular formula is C25H34F3N5O5. The number of carbonyl (C=O) groups excluding carboxylic acids is 4. The maximum Gasteiger partial charge on any atom is 0.471 e. The smallest absolute Gasteiger partial charge is 0.376 e. The monoisotopic (exact) mass is 541 g/mol. The molecule has 3 N–H and O–H groups in total. The second-order valence-electron chi connectivity index (χ2n) is 11.5. The fourth-order valence-electron chi connectivity index (χ4n) is 6.49. The summed E-state index contributed by atoms with van der Waals surface area (Å²) >= 11 is 0. The molecule has 2 aliphatic heterocycles. The van der Waals surface area contributed by atoms with Crippen molar-refractivity contribution in [1.82, 2.24) is 20.9 Å². The molecule has 0 aromatic heterocycles. The number of ether oxygens (including phenoxy) is 1. The Labute approximate surface area is 219 Å². The average Bonchev–Trinajstić information content (AvgIpc) is 3.16. The molecule has 4 aliphatic rings. The molecule has 2 saturated heterocycles. The Balaban J connectivity index is 1.55. The number of likely N-dealkylation sites (tertiary alicyclic amines) is 1. The zero-order chi connectivity index (χ0) is 28.0. The van der Waals surface area contributed by atoms with Crippen molar-refractivity contribution in [3.8, 4) is 6.07 Å². The maximum atomic E-state index is 13.8. The van der Waals surface area contributed by atoms with Crippen molar-refractivity contribution in [2.45, 2.75) is 82.3 Å². The zero-order valence-electron chi connectivity index (χ0n) is 21.7. The van der Waals surface area contributed by atoms with Crippen LogP contribution in [0.1, 0.15) is 52.4 Å². The van der Waals surface area contributed by atoms with E-state index in [2.05, 4.69) is 10.6 Å². The van der Waals surface area contributed by atoms with Gasteiger partial charge < -0.3 is 25.6 Å². The predicted octanol–water partition coefficient (Wildman–Crippen LogP) is 1.01. The highest BCUT2D eigenvalue weighted by Crippen LogP contribution is 2.65. The summed E-state index contributed by atoms with van der Waals surface area (Å²) in [6.07, 6.45) is -2.57. The first-order chi connectivity index (χ1) is 17.8. The lowest BCUT2D eigenvalue weighted by atomic mass is 9.73. The number of nitrogens with zero attached hydrogens (tertiary/aromatic N) is 2. The molecule has 0 radical (unpaired) electrons. The number of hydrogen-bond donors (Lipinski definition) is 3. The molecule has 0 aromatic rings. The minimum Gasteiger partial charge on any atom is -0.376 e. The van der Waals surface area contributed by atoms with Crippen molar-refractivity contribution in [2.75, 3.05) is 20.2 Å². The summed E-state index contributed by atoms with van der Waals surface area (Å²) in [5, 5.41) is 16.9. The molecule has 4 rings (SSSR count). The molecule has 2 saturated carbocycles. The van der Waals surface area contributed by atoms with Crippen molar-refractivity contribution in [1.29, 1.82) is 5.26 Å². The van der Waals surface area contributed by atoms with Crippen LogP contribution in [0.4, 0.5) is 13.2 Å². The average molecular weight is 542 g/mol. The van der Waals surface area contributed by atoms with Crippen molar-refractivity contribution >= 4 is 23.6 Å². The number of alkyl halides is 3. The second kappa shape index (κ2) is 10.0. The third-order valence-electron chi connectivity index (χ3n) is 9.06. The van der Waals surface area contributed by atoms with Gasteiger partial charge in [0.15, 0.2) is 0 Å². The van der Waals surface area contributed by atoms with Crippen LogP contribution in [0.2, 0.25) is 0 Å². The van der Waals surface area contributed by atoms with Gasteiger partial charge in [0.1, 0.15) is 18.1 Å². The second-order valence-corrected chi connectivity index (χ2v) is 11.5. The summed E-state index contributed by atoms with van der Waals surface area (Å²) in [5.41, 5.74) is -1.59. The summed E-state index contributed by atoms with van der Waals surface area (Å²) in [4.78, 5) is 52.6. The van der Waals surface area contributed by atoms with Gasteiger partial charge in [-0.3, -0.25) is 19.2 Å². The van der Waals surface area contributed by atoms with Crippen molar-refractivity contribution in [2.24, 2.45) is 23.2 Å². The third kappa shape index (κ3) is 4.95. The number of carbonyl (C=O) groups is 4. The normalized spacial score (nSPS) is 30.6. The predicted molar refractivity (Wildman–Crippen MR) is 126 cm³/mol. The molecule has 4 fully saturated rings. The van der Waals surface area contributed by atoms with Gasteiger partial charge in [0, 0.05) is 26.1 Å². The van der Waals surface area contributed by atoms with Gasteiger partial charge in [-0.25, -0.2) is 0 Å². The standard InChI is InChI=1S/C25H34F3N5O5/c1-23(2)15-12-33(21(36)18(24(38-3)7-5-8-24)32-22(37)25(26,27)28)17(16(15)23)20(35)31-14(11-29)10-13-6-4-9-30-19(13)34/h13-18H,4-10,12H2,1-3H3,(H,30,34)(H,31,35)(H,32,37). The summed E-state index contributed by atoms with van der Waals surface area (Å²) in [6, 6.07) is -1.61. The molecule has 210 valence electrons. The molecule has 0 aromatic carbocycles. The van der Waals surface area contributed by atoms with Gasteiger partial charge in [-0.1, -0.05) is 13.8 Å². The minimum absolute atomic E-state index is 0.0642. The molecule has 0 bridgehead atoms. The molecule has 2 aliphatic carbocycles. The number of nitrogens with one attached hydrogen (secondary N) is 3. The van der Waals surface area contributed by atoms with E-state index in [1.54, 1.807) is 0 Å². The molecular weight excluding hydrogens is 507 g/mol. The molecule has 38 heavy (non-hydrogen) atoms. The summed E-state index contributed by atoms with van der Waals surface area (Å²) in [6.45, 7) is 4.59. The quantitative estimate of drug-likeness (QED) is 0.419. The minimum atomic E-state index is -5.20. The van der Waals surface area contributed by atoms with Crippen LogP contribution >= 0.6 is 0 Å². The van der Waals surface area contributed by atoms with E-state index in [0.29, 0.717) is 19.4 Å². The summed E-state index contributed by atoms with van der Waals surface area (Å²) in [7, 11) is 1.28. The molecule has 13 heteroatoms. The summed E-state index contributed by atoms with van der Waals surface area (Å²) < 4.78 is 44.9. The van der Waals surface area contributed by atoms with Crippen LogP contribution in [0.25, 0.3) is 0 Å². The molecule has 0 spiro atoms. The van der Waals surface area contributed by atoms with E-state index in [0.717, 1.165) is 6.42 Å². The highest BCUT2D eigenvalue weighted by Gasteiger charge is 2.70. The van der Waals surface area contributed by atoms with E-state index in [4.69, 9.17) is 4.74 Å². The first-order valence-corrected chi connectivity index (χ1v) is 13.0. The van der Waals surface area contributed by atoms with Crippen LogP contribution in [-0.4, -0.2) is 78.6 Å². The lowest BCUT2D eigenvalue weighted by Gasteiger charge is -2.47. The number of amides is 4. The maximum absolute atomic E-state index is 13.8. The Morgan fingerprint density at radius 1 is 1.24 bits per heavy atom. The first kappa shape index (κ1) is 28.1.